The minimum Gasteiger partial charge on any atom is -0.545 e. The molecule has 1 N–H and O–H groups in total. The number of carboxylic acids is 1. The predicted octanol–water partition coefficient (Wildman–Crippen LogP) is -0.622. The number of methoxy groups -OCH3 is 1. The third kappa shape index (κ3) is 5.96. The Morgan fingerprint density at radius 1 is 1.20 bits per heavy atom. The van der Waals surface area contributed by atoms with Crippen LogP contribution in [0, 0.1) is 0 Å². The summed E-state index contributed by atoms with van der Waals surface area (Å²) in [6.07, 6.45) is 0. The number of aromatic carboxylic acids is 1. The lowest BCUT2D eigenvalue weighted by Crippen LogP contribution is -2.25. The van der Waals surface area contributed by atoms with Gasteiger partial charge in [0.15, 0.2) is 0 Å². The SMILES string of the molecule is CCOC(=O)CO.COC(=O)c1ccccc1C(=O)[O-]. The van der Waals surface area contributed by atoms with E-state index >= 15 is 0 Å². The van der Waals surface area contributed by atoms with Gasteiger partial charge in [-0.25, -0.2) is 9.59 Å². The Morgan fingerprint density at radius 2 is 1.75 bits per heavy atom. The maximum atomic E-state index is 11.0. The molecule has 0 fully saturated rings. The van der Waals surface area contributed by atoms with E-state index in [4.69, 9.17) is 5.11 Å². The number of carboxylic acid groups (broad SMARTS) is 1. The Hall–Kier alpha value is -2.41. The van der Waals surface area contributed by atoms with Gasteiger partial charge in [-0.1, -0.05) is 18.2 Å². The van der Waals surface area contributed by atoms with Gasteiger partial charge < -0.3 is 24.5 Å². The molecule has 0 spiro atoms. The Labute approximate surface area is 115 Å². The molecule has 0 bridgehead atoms. The largest absolute Gasteiger partial charge is 0.545 e. The second-order valence-electron chi connectivity index (χ2n) is 3.29. The minimum absolute atomic E-state index is 0.00463. The number of carbonyl (C=O) groups excluding carboxylic acids is 3. The quantitative estimate of drug-likeness (QED) is 0.732. The van der Waals surface area contributed by atoms with Crippen LogP contribution in [0.3, 0.4) is 0 Å². The number of aliphatic hydroxyl groups is 1. The molecule has 0 heterocycles. The van der Waals surface area contributed by atoms with E-state index in [2.05, 4.69) is 9.47 Å². The molecule has 0 aliphatic rings. The van der Waals surface area contributed by atoms with Gasteiger partial charge in [-0.15, -0.1) is 0 Å². The Balaban J connectivity index is 0.000000441. The summed E-state index contributed by atoms with van der Waals surface area (Å²) in [5, 5.41) is 18.5. The molecule has 0 amide bonds. The van der Waals surface area contributed by atoms with E-state index in [1.165, 1.54) is 25.3 Å². The van der Waals surface area contributed by atoms with Gasteiger partial charge in [0, 0.05) is 5.56 Å². The smallest absolute Gasteiger partial charge is 0.338 e. The van der Waals surface area contributed by atoms with Crippen molar-refractivity contribution in [1.82, 2.24) is 0 Å². The molecule has 0 saturated carbocycles. The van der Waals surface area contributed by atoms with Crippen molar-refractivity contribution in [1.29, 1.82) is 0 Å². The molecule has 0 aliphatic carbocycles. The molecule has 1 rings (SSSR count). The molecule has 0 unspecified atom stereocenters. The van der Waals surface area contributed by atoms with Crippen molar-refractivity contribution < 1.29 is 34.1 Å². The fraction of sp³-hybridized carbons (Fsp3) is 0.308. The molecule has 20 heavy (non-hydrogen) atoms. The topological polar surface area (TPSA) is 113 Å². The lowest BCUT2D eigenvalue weighted by Gasteiger charge is -2.07. The molecular weight excluding hydrogens is 268 g/mol. The first-order valence-electron chi connectivity index (χ1n) is 5.63. The molecule has 7 heteroatoms. The monoisotopic (exact) mass is 283 g/mol. The van der Waals surface area contributed by atoms with E-state index in [1.54, 1.807) is 13.0 Å². The van der Waals surface area contributed by atoms with Crippen molar-refractivity contribution in [2.24, 2.45) is 0 Å². The molecule has 1 aromatic carbocycles. The van der Waals surface area contributed by atoms with Gasteiger partial charge in [0.1, 0.15) is 6.61 Å². The first kappa shape index (κ1) is 17.6. The highest BCUT2D eigenvalue weighted by atomic mass is 16.5. The number of hydrogen-bond acceptors (Lipinski definition) is 7. The number of benzene rings is 1. The zero-order chi connectivity index (χ0) is 15.5. The van der Waals surface area contributed by atoms with E-state index < -0.39 is 24.5 Å². The number of carbonyl (C=O) groups is 3. The maximum absolute atomic E-state index is 11.0. The highest BCUT2D eigenvalue weighted by Crippen LogP contribution is 2.08. The summed E-state index contributed by atoms with van der Waals surface area (Å²) in [5.74, 6) is -2.64. The molecule has 110 valence electrons. The van der Waals surface area contributed by atoms with Crippen molar-refractivity contribution >= 4 is 17.9 Å². The third-order valence-electron chi connectivity index (χ3n) is 1.99. The molecule has 0 atom stereocenters. The molecule has 0 radical (unpaired) electrons. The Morgan fingerprint density at radius 3 is 2.10 bits per heavy atom. The van der Waals surface area contributed by atoms with Crippen LogP contribution in [0.1, 0.15) is 27.6 Å². The second-order valence-corrected chi connectivity index (χ2v) is 3.29. The highest BCUT2D eigenvalue weighted by Gasteiger charge is 2.10. The fourth-order valence-corrected chi connectivity index (χ4v) is 1.16. The van der Waals surface area contributed by atoms with E-state index in [9.17, 15) is 19.5 Å². The van der Waals surface area contributed by atoms with Gasteiger partial charge in [0.25, 0.3) is 0 Å². The van der Waals surface area contributed by atoms with E-state index in [1.807, 2.05) is 0 Å². The van der Waals surface area contributed by atoms with Crippen LogP contribution in [0.15, 0.2) is 24.3 Å². The van der Waals surface area contributed by atoms with Gasteiger partial charge >= 0.3 is 11.9 Å². The van der Waals surface area contributed by atoms with Crippen LogP contribution in [0.4, 0.5) is 0 Å². The Kier molecular flexibility index (Phi) is 8.36. The van der Waals surface area contributed by atoms with Gasteiger partial charge in [-0.05, 0) is 13.0 Å². The molecule has 0 saturated heterocycles. The summed E-state index contributed by atoms with van der Waals surface area (Å²) in [7, 11) is 1.19. The molecular formula is C13H15O7-. The van der Waals surface area contributed by atoms with Gasteiger partial charge in [-0.3, -0.25) is 0 Å². The Bertz CT molecular complexity index is 468. The van der Waals surface area contributed by atoms with Crippen LogP contribution in [0.5, 0.6) is 0 Å². The van der Waals surface area contributed by atoms with Crippen molar-refractivity contribution in [3.8, 4) is 0 Å². The standard InChI is InChI=1S/C9H8O4.C4H8O3/c1-13-9(12)7-5-3-2-4-6(7)8(10)11;1-2-7-4(6)3-5/h2-5H,1H3,(H,10,11);5H,2-3H2,1H3/p-1. The fourth-order valence-electron chi connectivity index (χ4n) is 1.16. The minimum atomic E-state index is -1.39. The van der Waals surface area contributed by atoms with E-state index in [0.717, 1.165) is 0 Å². The van der Waals surface area contributed by atoms with Crippen LogP contribution < -0.4 is 5.11 Å². The molecule has 0 aliphatic heterocycles. The first-order chi connectivity index (χ1) is 9.47. The lowest BCUT2D eigenvalue weighted by atomic mass is 10.1. The number of rotatable bonds is 4. The first-order valence-corrected chi connectivity index (χ1v) is 5.63. The zero-order valence-electron chi connectivity index (χ0n) is 11.1. The number of hydrogen-bond donors (Lipinski definition) is 1. The van der Waals surface area contributed by atoms with Crippen molar-refractivity contribution in [2.45, 2.75) is 6.92 Å². The summed E-state index contributed by atoms with van der Waals surface area (Å²) >= 11 is 0. The number of aliphatic hydroxyl groups excluding tert-OH is 1. The van der Waals surface area contributed by atoms with Crippen molar-refractivity contribution in [3.63, 3.8) is 0 Å². The lowest BCUT2D eigenvalue weighted by molar-refractivity contribution is -0.255. The van der Waals surface area contributed by atoms with Gasteiger partial charge in [-0.2, -0.15) is 0 Å². The average molecular weight is 283 g/mol. The van der Waals surface area contributed by atoms with Crippen LogP contribution in [-0.2, 0) is 14.3 Å². The highest BCUT2D eigenvalue weighted by molar-refractivity contribution is 6.01. The van der Waals surface area contributed by atoms with Crippen LogP contribution >= 0.6 is 0 Å². The van der Waals surface area contributed by atoms with Crippen LogP contribution in [0.2, 0.25) is 0 Å². The average Bonchev–Trinajstić information content (AvgIpc) is 2.47. The van der Waals surface area contributed by atoms with E-state index in [0.29, 0.717) is 6.61 Å². The second kappa shape index (κ2) is 9.51. The van der Waals surface area contributed by atoms with Crippen LogP contribution in [0.25, 0.3) is 0 Å². The maximum Gasteiger partial charge on any atom is 0.338 e. The van der Waals surface area contributed by atoms with Crippen molar-refractivity contribution in [2.75, 3.05) is 20.3 Å². The zero-order valence-corrected chi connectivity index (χ0v) is 11.1. The molecule has 7 nitrogen and oxygen atoms in total. The van der Waals surface area contributed by atoms with Crippen molar-refractivity contribution in [3.05, 3.63) is 35.4 Å². The summed E-state index contributed by atoms with van der Waals surface area (Å²) in [5.41, 5.74) is -0.153. The normalized spacial score (nSPS) is 8.95. The summed E-state index contributed by atoms with van der Waals surface area (Å²) in [6, 6.07) is 5.73. The van der Waals surface area contributed by atoms with Gasteiger partial charge in [0.05, 0.1) is 25.2 Å². The van der Waals surface area contributed by atoms with E-state index in [-0.39, 0.29) is 11.1 Å². The van der Waals surface area contributed by atoms with Crippen LogP contribution in [-0.4, -0.2) is 43.3 Å². The number of ether oxygens (including phenoxy) is 2. The summed E-state index contributed by atoms with van der Waals surface area (Å²) in [6.45, 7) is 1.50. The third-order valence-corrected chi connectivity index (χ3v) is 1.99. The number of esters is 2. The predicted molar refractivity (Wildman–Crippen MR) is 65.8 cm³/mol. The molecule has 0 aromatic heterocycles. The summed E-state index contributed by atoms with van der Waals surface area (Å²) in [4.78, 5) is 31.5. The van der Waals surface area contributed by atoms with Gasteiger partial charge in [0.2, 0.25) is 0 Å². The molecule has 1 aromatic rings. The summed E-state index contributed by atoms with van der Waals surface area (Å²) < 4.78 is 8.70.